The molecule has 22 heavy (non-hydrogen) atoms. The van der Waals surface area contributed by atoms with Crippen molar-refractivity contribution in [3.63, 3.8) is 0 Å². The van der Waals surface area contributed by atoms with Crippen molar-refractivity contribution in [3.8, 4) is 0 Å². The number of nitrogens with two attached hydrogens (primary N) is 2. The van der Waals surface area contributed by atoms with Crippen molar-refractivity contribution in [2.24, 2.45) is 11.5 Å². The summed E-state index contributed by atoms with van der Waals surface area (Å²) >= 11 is 0. The first-order valence-electron chi connectivity index (χ1n) is 7.29. The Morgan fingerprint density at radius 2 is 1.09 bits per heavy atom. The van der Waals surface area contributed by atoms with E-state index in [1.54, 1.807) is 41.5 Å². The van der Waals surface area contributed by atoms with Crippen LogP contribution in [0.2, 0.25) is 0 Å². The van der Waals surface area contributed by atoms with Crippen LogP contribution < -0.4 is 11.5 Å². The Kier molecular flexibility index (Phi) is 9.93. The Morgan fingerprint density at radius 1 is 0.818 bits per heavy atom. The number of esters is 2. The number of rotatable bonds is 6. The lowest BCUT2D eigenvalue weighted by atomic mass is 10.1. The van der Waals surface area contributed by atoms with Crippen LogP contribution in [-0.4, -0.2) is 35.2 Å². The Balaban J connectivity index is 0. The zero-order chi connectivity index (χ0) is 16.8. The molecule has 2 atom stereocenters. The van der Waals surface area contributed by atoms with Crippen LogP contribution in [0.4, 0.5) is 0 Å². The third-order valence-corrected chi connectivity index (χ3v) is 2.45. The van der Waals surface area contributed by atoms with Crippen molar-refractivity contribution in [2.75, 3.05) is 0 Å². The van der Waals surface area contributed by atoms with Gasteiger partial charge in [-0.15, -0.1) is 12.4 Å². The number of carbonyl (C=O) groups excluding carboxylic acids is 2. The predicted octanol–water partition coefficient (Wildman–Crippen LogP) is 1.92. The minimum Gasteiger partial charge on any atom is -0.459 e. The highest BCUT2D eigenvalue weighted by atomic mass is 35.5. The van der Waals surface area contributed by atoms with Gasteiger partial charge in [-0.25, -0.2) is 0 Å². The maximum Gasteiger partial charge on any atom is 0.323 e. The van der Waals surface area contributed by atoms with Crippen molar-refractivity contribution in [1.29, 1.82) is 0 Å². The van der Waals surface area contributed by atoms with Gasteiger partial charge in [-0.05, 0) is 60.8 Å². The normalized spacial score (nSPS) is 14.5. The molecule has 0 aromatic carbocycles. The summed E-state index contributed by atoms with van der Waals surface area (Å²) in [4.78, 5) is 23.4. The van der Waals surface area contributed by atoms with E-state index in [0.717, 1.165) is 0 Å². The molecular weight excluding hydrogens is 308 g/mol. The van der Waals surface area contributed by atoms with Gasteiger partial charge in [0, 0.05) is 0 Å². The van der Waals surface area contributed by atoms with Crippen LogP contribution in [0.3, 0.4) is 0 Å². The van der Waals surface area contributed by atoms with Gasteiger partial charge in [0.05, 0.1) is 0 Å². The van der Waals surface area contributed by atoms with Crippen LogP contribution in [0.1, 0.15) is 60.8 Å². The summed E-state index contributed by atoms with van der Waals surface area (Å²) in [6.07, 6.45) is 1.40. The molecule has 0 aliphatic heterocycles. The fraction of sp³-hybridized carbons (Fsp3) is 0.867. The van der Waals surface area contributed by atoms with Crippen LogP contribution in [-0.2, 0) is 19.1 Å². The largest absolute Gasteiger partial charge is 0.459 e. The van der Waals surface area contributed by atoms with Gasteiger partial charge in [0.15, 0.2) is 0 Å². The fourth-order valence-electron chi connectivity index (χ4n) is 1.55. The minimum absolute atomic E-state index is 0. The predicted molar refractivity (Wildman–Crippen MR) is 88.7 cm³/mol. The van der Waals surface area contributed by atoms with E-state index in [9.17, 15) is 9.59 Å². The summed E-state index contributed by atoms with van der Waals surface area (Å²) < 4.78 is 10.4. The zero-order valence-electron chi connectivity index (χ0n) is 14.5. The molecule has 0 aliphatic rings. The summed E-state index contributed by atoms with van der Waals surface area (Å²) in [5.74, 6) is -0.873. The van der Waals surface area contributed by atoms with Gasteiger partial charge in [0.2, 0.25) is 0 Å². The molecule has 132 valence electrons. The first kappa shape index (κ1) is 23.4. The number of ether oxygens (including phenoxy) is 2. The molecule has 1 unspecified atom stereocenters. The van der Waals surface area contributed by atoms with Crippen molar-refractivity contribution in [3.05, 3.63) is 0 Å². The van der Waals surface area contributed by atoms with Crippen molar-refractivity contribution < 1.29 is 19.1 Å². The summed E-state index contributed by atoms with van der Waals surface area (Å²) in [7, 11) is 0. The van der Waals surface area contributed by atoms with Gasteiger partial charge >= 0.3 is 11.9 Å². The van der Waals surface area contributed by atoms with Crippen LogP contribution in [0.15, 0.2) is 0 Å². The second-order valence-electron chi connectivity index (χ2n) is 7.21. The van der Waals surface area contributed by atoms with E-state index in [2.05, 4.69) is 0 Å². The SMILES string of the molecule is CC(C)(C)OC(=O)C(N)CCC[C@H](N)C(=O)OC(C)(C)C.Cl. The number of hydrogen-bond donors (Lipinski definition) is 2. The Labute approximate surface area is 139 Å². The second kappa shape index (κ2) is 9.33. The molecule has 0 radical (unpaired) electrons. The molecule has 0 bridgehead atoms. The quantitative estimate of drug-likeness (QED) is 0.717. The highest BCUT2D eigenvalue weighted by Crippen LogP contribution is 2.12. The molecule has 0 aromatic rings. The first-order chi connectivity index (χ1) is 9.32. The van der Waals surface area contributed by atoms with E-state index in [4.69, 9.17) is 20.9 Å². The molecule has 0 aromatic heterocycles. The molecular formula is C15H31ClN2O4. The molecule has 0 aliphatic carbocycles. The lowest BCUT2D eigenvalue weighted by Crippen LogP contribution is -2.39. The minimum atomic E-state index is -0.699. The first-order valence-corrected chi connectivity index (χ1v) is 7.29. The molecule has 0 amide bonds. The van der Waals surface area contributed by atoms with E-state index in [0.29, 0.717) is 19.3 Å². The third kappa shape index (κ3) is 11.8. The fourth-order valence-corrected chi connectivity index (χ4v) is 1.55. The van der Waals surface area contributed by atoms with E-state index >= 15 is 0 Å². The molecule has 0 saturated carbocycles. The van der Waals surface area contributed by atoms with Crippen molar-refractivity contribution in [1.82, 2.24) is 0 Å². The van der Waals surface area contributed by atoms with Gasteiger partial charge in [0.25, 0.3) is 0 Å². The average molecular weight is 339 g/mol. The topological polar surface area (TPSA) is 105 Å². The second-order valence-corrected chi connectivity index (χ2v) is 7.21. The zero-order valence-corrected chi connectivity index (χ0v) is 15.3. The Bertz CT molecular complexity index is 328. The van der Waals surface area contributed by atoms with E-state index in [1.807, 2.05) is 0 Å². The van der Waals surface area contributed by atoms with Crippen molar-refractivity contribution >= 4 is 24.3 Å². The van der Waals surface area contributed by atoms with Crippen LogP contribution in [0, 0.1) is 0 Å². The maximum atomic E-state index is 11.7. The molecule has 0 spiro atoms. The lowest BCUT2D eigenvalue weighted by Gasteiger charge is -2.23. The standard InChI is InChI=1S/C15H30N2O4.ClH/c1-14(2,3)20-12(18)10(16)8-7-9-11(17)13(19)21-15(4,5)6;/h10-11H,7-9,16-17H2,1-6H3;1H/t10-,11?;/m0./s1. The Morgan fingerprint density at radius 3 is 1.32 bits per heavy atom. The van der Waals surface area contributed by atoms with Gasteiger partial charge in [-0.2, -0.15) is 0 Å². The molecule has 0 saturated heterocycles. The highest BCUT2D eigenvalue weighted by Gasteiger charge is 2.24. The molecule has 4 N–H and O–H groups in total. The molecule has 6 nitrogen and oxygen atoms in total. The average Bonchev–Trinajstić information content (AvgIpc) is 2.23. The molecule has 0 fully saturated rings. The number of halogens is 1. The number of carbonyl (C=O) groups is 2. The van der Waals surface area contributed by atoms with Gasteiger partial charge in [-0.1, -0.05) is 0 Å². The van der Waals surface area contributed by atoms with Crippen molar-refractivity contribution in [2.45, 2.75) is 84.1 Å². The van der Waals surface area contributed by atoms with Crippen LogP contribution in [0.5, 0.6) is 0 Å². The Hall–Kier alpha value is -0.850. The van der Waals surface area contributed by atoms with Gasteiger partial charge in [-0.3, -0.25) is 9.59 Å². The lowest BCUT2D eigenvalue weighted by molar-refractivity contribution is -0.157. The van der Waals surface area contributed by atoms with Crippen LogP contribution >= 0.6 is 12.4 Å². The highest BCUT2D eigenvalue weighted by molar-refractivity contribution is 5.85. The molecule has 0 heterocycles. The summed E-state index contributed by atoms with van der Waals surface area (Å²) in [6, 6.07) is -1.40. The molecule has 7 heteroatoms. The summed E-state index contributed by atoms with van der Waals surface area (Å²) in [6.45, 7) is 10.7. The smallest absolute Gasteiger partial charge is 0.323 e. The van der Waals surface area contributed by atoms with Crippen LogP contribution in [0.25, 0.3) is 0 Å². The van der Waals surface area contributed by atoms with Gasteiger partial charge < -0.3 is 20.9 Å². The molecule has 0 rings (SSSR count). The van der Waals surface area contributed by atoms with E-state index in [-0.39, 0.29) is 12.4 Å². The third-order valence-electron chi connectivity index (χ3n) is 2.45. The monoisotopic (exact) mass is 338 g/mol. The number of hydrogen-bond acceptors (Lipinski definition) is 6. The van der Waals surface area contributed by atoms with E-state index < -0.39 is 35.2 Å². The maximum absolute atomic E-state index is 11.7. The van der Waals surface area contributed by atoms with E-state index in [1.165, 1.54) is 0 Å². The summed E-state index contributed by atoms with van der Waals surface area (Å²) in [5.41, 5.74) is 10.4. The van der Waals surface area contributed by atoms with Gasteiger partial charge in [0.1, 0.15) is 23.3 Å². The summed E-state index contributed by atoms with van der Waals surface area (Å²) in [5, 5.41) is 0.